The predicted octanol–water partition coefficient (Wildman–Crippen LogP) is 1.87. The molecule has 1 saturated heterocycles. The molecule has 3 rings (SSSR count). The summed E-state index contributed by atoms with van der Waals surface area (Å²) in [5.41, 5.74) is 0.527. The van der Waals surface area contributed by atoms with Gasteiger partial charge >= 0.3 is 0 Å². The van der Waals surface area contributed by atoms with E-state index in [-0.39, 0.29) is 9.94 Å². The molecule has 6 nitrogen and oxygen atoms in total. The molecular formula is C16H21N3O3S. The van der Waals surface area contributed by atoms with Crippen LogP contribution in [0.3, 0.4) is 0 Å². The highest BCUT2D eigenvalue weighted by atomic mass is 32.2. The third-order valence-electron chi connectivity index (χ3n) is 4.45. The number of benzene rings is 1. The number of nitrogens with zero attached hydrogens (tertiary/aromatic N) is 3. The Balaban J connectivity index is 1.99. The maximum absolute atomic E-state index is 12.8. The van der Waals surface area contributed by atoms with E-state index in [1.54, 1.807) is 28.1 Å². The van der Waals surface area contributed by atoms with Gasteiger partial charge in [-0.1, -0.05) is 19.1 Å². The van der Waals surface area contributed by atoms with E-state index in [4.69, 9.17) is 0 Å². The van der Waals surface area contributed by atoms with Gasteiger partial charge in [-0.25, -0.2) is 8.42 Å². The first-order chi connectivity index (χ1) is 10.9. The molecule has 1 aromatic rings. The SMILES string of the molecule is CCN1N=C(C(=O)N2CCC(C)CC2)S(=O)(=O)c2ccccc21. The number of anilines is 1. The first kappa shape index (κ1) is 16.0. The molecule has 0 saturated carbocycles. The Morgan fingerprint density at radius 1 is 1.26 bits per heavy atom. The molecule has 2 aliphatic rings. The number of sulfone groups is 1. The molecule has 7 heteroatoms. The summed E-state index contributed by atoms with van der Waals surface area (Å²) in [6, 6.07) is 6.68. The lowest BCUT2D eigenvalue weighted by atomic mass is 9.99. The minimum Gasteiger partial charge on any atom is -0.337 e. The zero-order chi connectivity index (χ0) is 16.6. The lowest BCUT2D eigenvalue weighted by Gasteiger charge is -2.32. The van der Waals surface area contributed by atoms with Crippen molar-refractivity contribution in [3.8, 4) is 0 Å². The van der Waals surface area contributed by atoms with Crippen molar-refractivity contribution in [2.24, 2.45) is 11.0 Å². The van der Waals surface area contributed by atoms with Crippen molar-refractivity contribution < 1.29 is 13.2 Å². The van der Waals surface area contributed by atoms with Gasteiger partial charge in [0.15, 0.2) is 0 Å². The van der Waals surface area contributed by atoms with Crippen LogP contribution < -0.4 is 5.01 Å². The molecule has 0 aliphatic carbocycles. The van der Waals surface area contributed by atoms with Gasteiger partial charge in [0.2, 0.25) is 14.9 Å². The number of carbonyl (C=O) groups excluding carboxylic acids is 1. The zero-order valence-corrected chi connectivity index (χ0v) is 14.2. The van der Waals surface area contributed by atoms with E-state index >= 15 is 0 Å². The summed E-state index contributed by atoms with van der Waals surface area (Å²) < 4.78 is 25.6. The molecule has 124 valence electrons. The average Bonchev–Trinajstić information content (AvgIpc) is 2.55. The second-order valence-corrected chi connectivity index (χ2v) is 7.90. The number of hydrazone groups is 1. The Hall–Kier alpha value is -1.89. The van der Waals surface area contributed by atoms with Crippen LogP contribution in [0.25, 0.3) is 0 Å². The molecule has 0 unspecified atom stereocenters. The maximum Gasteiger partial charge on any atom is 0.286 e. The molecule has 2 aliphatic heterocycles. The van der Waals surface area contributed by atoms with E-state index in [0.717, 1.165) is 12.8 Å². The first-order valence-corrected chi connectivity index (χ1v) is 9.43. The molecule has 1 fully saturated rings. The summed E-state index contributed by atoms with van der Waals surface area (Å²) in [5.74, 6) is 0.0849. The molecule has 0 spiro atoms. The average molecular weight is 335 g/mol. The Morgan fingerprint density at radius 3 is 2.57 bits per heavy atom. The van der Waals surface area contributed by atoms with Gasteiger partial charge in [0.05, 0.1) is 10.6 Å². The largest absolute Gasteiger partial charge is 0.337 e. The number of hydrogen-bond acceptors (Lipinski definition) is 5. The van der Waals surface area contributed by atoms with Gasteiger partial charge < -0.3 is 4.90 Å². The minimum atomic E-state index is -3.87. The fourth-order valence-electron chi connectivity index (χ4n) is 2.96. The summed E-state index contributed by atoms with van der Waals surface area (Å²) >= 11 is 0. The number of piperidine rings is 1. The molecule has 23 heavy (non-hydrogen) atoms. The summed E-state index contributed by atoms with van der Waals surface area (Å²) in [7, 11) is -3.87. The van der Waals surface area contributed by atoms with Gasteiger partial charge in [-0.3, -0.25) is 9.80 Å². The van der Waals surface area contributed by atoms with Gasteiger partial charge in [0.1, 0.15) is 0 Å². The topological polar surface area (TPSA) is 70.1 Å². The number of rotatable bonds is 2. The fourth-order valence-corrected chi connectivity index (χ4v) is 4.44. The molecule has 0 N–H and O–H groups in total. The summed E-state index contributed by atoms with van der Waals surface area (Å²) in [4.78, 5) is 14.5. The number of para-hydroxylation sites is 1. The summed E-state index contributed by atoms with van der Waals surface area (Å²) in [6.45, 7) is 5.69. The highest BCUT2D eigenvalue weighted by Crippen LogP contribution is 2.32. The Morgan fingerprint density at radius 2 is 1.91 bits per heavy atom. The van der Waals surface area contributed by atoms with Gasteiger partial charge in [0.25, 0.3) is 5.91 Å². The zero-order valence-electron chi connectivity index (χ0n) is 13.4. The van der Waals surface area contributed by atoms with E-state index in [2.05, 4.69) is 12.0 Å². The molecule has 0 aromatic heterocycles. The lowest BCUT2D eigenvalue weighted by molar-refractivity contribution is -0.125. The smallest absolute Gasteiger partial charge is 0.286 e. The number of hydrogen-bond donors (Lipinski definition) is 0. The van der Waals surface area contributed by atoms with Crippen molar-refractivity contribution in [2.75, 3.05) is 24.6 Å². The highest BCUT2D eigenvalue weighted by molar-refractivity contribution is 8.08. The minimum absolute atomic E-state index is 0.158. The van der Waals surface area contributed by atoms with Crippen LogP contribution in [0, 0.1) is 5.92 Å². The molecule has 0 radical (unpaired) electrons. The number of fused-ring (bicyclic) bond motifs is 1. The summed E-state index contributed by atoms with van der Waals surface area (Å²) in [6.07, 6.45) is 1.79. The third kappa shape index (κ3) is 2.73. The van der Waals surface area contributed by atoms with E-state index in [1.807, 2.05) is 6.92 Å². The van der Waals surface area contributed by atoms with Gasteiger partial charge in [0, 0.05) is 19.6 Å². The van der Waals surface area contributed by atoms with Crippen LogP contribution in [-0.2, 0) is 14.6 Å². The number of likely N-dealkylation sites (tertiary alicyclic amines) is 1. The molecule has 0 bridgehead atoms. The van der Waals surface area contributed by atoms with Crippen molar-refractivity contribution in [1.29, 1.82) is 0 Å². The molecule has 1 aromatic carbocycles. The molecule has 0 atom stereocenters. The van der Waals surface area contributed by atoms with Crippen LogP contribution in [0.1, 0.15) is 26.7 Å². The second kappa shape index (κ2) is 5.96. The Labute approximate surface area is 136 Å². The van der Waals surface area contributed by atoms with Gasteiger partial charge in [-0.2, -0.15) is 5.10 Å². The van der Waals surface area contributed by atoms with Gasteiger partial charge in [-0.15, -0.1) is 0 Å². The first-order valence-electron chi connectivity index (χ1n) is 7.94. The van der Waals surface area contributed by atoms with E-state index in [0.29, 0.717) is 31.2 Å². The van der Waals surface area contributed by atoms with Crippen LogP contribution >= 0.6 is 0 Å². The van der Waals surface area contributed by atoms with Crippen molar-refractivity contribution >= 4 is 26.5 Å². The van der Waals surface area contributed by atoms with Crippen molar-refractivity contribution in [3.05, 3.63) is 24.3 Å². The maximum atomic E-state index is 12.8. The standard InChI is InChI=1S/C16H21N3O3S/c1-3-19-13-6-4-5-7-14(13)23(21,22)15(17-19)16(20)18-10-8-12(2)9-11-18/h4-7,12H,3,8-11H2,1-2H3. The number of carbonyl (C=O) groups is 1. The molecule has 2 heterocycles. The fraction of sp³-hybridized carbons (Fsp3) is 0.500. The van der Waals surface area contributed by atoms with Crippen LogP contribution in [0.15, 0.2) is 34.3 Å². The highest BCUT2D eigenvalue weighted by Gasteiger charge is 2.39. The van der Waals surface area contributed by atoms with Crippen molar-refractivity contribution in [3.63, 3.8) is 0 Å². The van der Waals surface area contributed by atoms with Crippen molar-refractivity contribution in [2.45, 2.75) is 31.6 Å². The lowest BCUT2D eigenvalue weighted by Crippen LogP contribution is -2.46. The van der Waals surface area contributed by atoms with E-state index in [9.17, 15) is 13.2 Å². The van der Waals surface area contributed by atoms with Crippen LogP contribution in [0.4, 0.5) is 5.69 Å². The van der Waals surface area contributed by atoms with Crippen LogP contribution in [0.5, 0.6) is 0 Å². The normalized spacial score (nSPS) is 20.9. The van der Waals surface area contributed by atoms with E-state index in [1.165, 1.54) is 6.07 Å². The third-order valence-corrected chi connectivity index (χ3v) is 6.14. The Bertz CT molecular complexity index is 750. The molecule has 1 amide bonds. The Kier molecular flexibility index (Phi) is 4.14. The van der Waals surface area contributed by atoms with E-state index < -0.39 is 15.7 Å². The monoisotopic (exact) mass is 335 g/mol. The number of amides is 1. The second-order valence-electron chi connectivity index (χ2n) is 6.07. The molecular weight excluding hydrogens is 314 g/mol. The predicted molar refractivity (Wildman–Crippen MR) is 89.1 cm³/mol. The van der Waals surface area contributed by atoms with Gasteiger partial charge in [-0.05, 0) is 37.8 Å². The van der Waals surface area contributed by atoms with Crippen LogP contribution in [0.2, 0.25) is 0 Å². The van der Waals surface area contributed by atoms with Crippen molar-refractivity contribution in [1.82, 2.24) is 4.90 Å². The van der Waals surface area contributed by atoms with Crippen LogP contribution in [-0.4, -0.2) is 43.9 Å². The quantitative estimate of drug-likeness (QED) is 0.827. The summed E-state index contributed by atoms with van der Waals surface area (Å²) in [5, 5.41) is 5.38.